The SMILES string of the molecule is CC/C=C\C/C=C\C/C=C\C/C=C\C/C=C\C/C=C\C/C=C\C/C=C\C/C=C\CCCCCCCCCCCCCC(=O)OC(COC(=O)CCCCCCCCCC)COC(OCC[N+](C)(C)C)C(=O)[O-]. The summed E-state index contributed by atoms with van der Waals surface area (Å²) in [6.45, 7) is 4.57. The number of unbranched alkanes of at least 4 members (excludes halogenated alkanes) is 18. The number of aliphatic carboxylic acids is 1. The number of carbonyl (C=O) groups excluding carboxylic acids is 3. The molecule has 0 N–H and O–H groups in total. The summed E-state index contributed by atoms with van der Waals surface area (Å²) in [7, 11) is 5.90. The molecule has 0 amide bonds. The van der Waals surface area contributed by atoms with Crippen LogP contribution >= 0.6 is 0 Å². The molecule has 0 aliphatic heterocycles. The van der Waals surface area contributed by atoms with Crippen molar-refractivity contribution in [2.24, 2.45) is 0 Å². The highest BCUT2D eigenvalue weighted by Gasteiger charge is 2.22. The van der Waals surface area contributed by atoms with Crippen molar-refractivity contribution in [1.82, 2.24) is 0 Å². The zero-order valence-corrected chi connectivity index (χ0v) is 46.5. The van der Waals surface area contributed by atoms with Crippen LogP contribution in [-0.2, 0) is 33.3 Å². The fourth-order valence-corrected chi connectivity index (χ4v) is 7.41. The lowest BCUT2D eigenvalue weighted by molar-refractivity contribution is -0.870. The Bertz CT molecular complexity index is 1540. The second-order valence-electron chi connectivity index (χ2n) is 19.9. The Morgan fingerprint density at radius 2 is 0.792 bits per heavy atom. The number of quaternary nitrogens is 1. The Labute approximate surface area is 441 Å². The minimum atomic E-state index is -1.62. The minimum Gasteiger partial charge on any atom is -0.545 e. The van der Waals surface area contributed by atoms with Crippen LogP contribution in [0.2, 0.25) is 0 Å². The highest BCUT2D eigenvalue weighted by Crippen LogP contribution is 2.15. The average Bonchev–Trinajstić information content (AvgIpc) is 3.35. The van der Waals surface area contributed by atoms with Crippen LogP contribution in [0, 0.1) is 0 Å². The van der Waals surface area contributed by atoms with Crippen LogP contribution < -0.4 is 5.11 Å². The average molecular weight is 1000 g/mol. The molecule has 410 valence electrons. The van der Waals surface area contributed by atoms with Gasteiger partial charge in [-0.05, 0) is 83.5 Å². The topological polar surface area (TPSA) is 111 Å². The largest absolute Gasteiger partial charge is 0.545 e. The van der Waals surface area contributed by atoms with Crippen LogP contribution in [0.15, 0.2) is 109 Å². The van der Waals surface area contributed by atoms with Gasteiger partial charge in [0.1, 0.15) is 13.2 Å². The van der Waals surface area contributed by atoms with E-state index in [4.69, 9.17) is 18.9 Å². The summed E-state index contributed by atoms with van der Waals surface area (Å²) >= 11 is 0. The minimum absolute atomic E-state index is 0.144. The van der Waals surface area contributed by atoms with Crippen molar-refractivity contribution in [2.75, 3.05) is 47.5 Å². The first-order valence-electron chi connectivity index (χ1n) is 28.5. The van der Waals surface area contributed by atoms with Gasteiger partial charge < -0.3 is 33.3 Å². The summed E-state index contributed by atoms with van der Waals surface area (Å²) in [6.07, 6.45) is 70.3. The van der Waals surface area contributed by atoms with Gasteiger partial charge in [0.2, 0.25) is 0 Å². The normalized spacial score (nSPS) is 13.6. The van der Waals surface area contributed by atoms with E-state index in [1.54, 1.807) is 0 Å². The van der Waals surface area contributed by atoms with Gasteiger partial charge in [0.05, 0.1) is 40.3 Å². The second-order valence-corrected chi connectivity index (χ2v) is 19.9. The van der Waals surface area contributed by atoms with Crippen molar-refractivity contribution in [2.45, 2.75) is 225 Å². The van der Waals surface area contributed by atoms with Crippen LogP contribution in [0.5, 0.6) is 0 Å². The van der Waals surface area contributed by atoms with E-state index in [0.717, 1.165) is 103 Å². The van der Waals surface area contributed by atoms with E-state index in [-0.39, 0.29) is 38.6 Å². The van der Waals surface area contributed by atoms with Gasteiger partial charge in [-0.25, -0.2) is 0 Å². The fourth-order valence-electron chi connectivity index (χ4n) is 7.41. The highest BCUT2D eigenvalue weighted by atomic mass is 16.7. The summed E-state index contributed by atoms with van der Waals surface area (Å²) in [5, 5.41) is 11.7. The monoisotopic (exact) mass is 1000 g/mol. The summed E-state index contributed by atoms with van der Waals surface area (Å²) in [6, 6.07) is 0. The van der Waals surface area contributed by atoms with Gasteiger partial charge in [-0.2, -0.15) is 0 Å². The molecule has 0 aliphatic carbocycles. The first-order valence-corrected chi connectivity index (χ1v) is 28.5. The maximum absolute atomic E-state index is 12.8. The molecule has 0 aromatic carbocycles. The Morgan fingerprint density at radius 3 is 1.18 bits per heavy atom. The summed E-state index contributed by atoms with van der Waals surface area (Å²) in [5.41, 5.74) is 0. The molecule has 0 saturated heterocycles. The summed E-state index contributed by atoms with van der Waals surface area (Å²) < 4.78 is 22.5. The molecule has 0 spiro atoms. The van der Waals surface area contributed by atoms with Gasteiger partial charge in [-0.15, -0.1) is 0 Å². The molecule has 0 fully saturated rings. The van der Waals surface area contributed by atoms with Gasteiger partial charge in [0.15, 0.2) is 12.4 Å². The summed E-state index contributed by atoms with van der Waals surface area (Å²) in [5.74, 6) is -2.30. The van der Waals surface area contributed by atoms with E-state index in [0.29, 0.717) is 17.4 Å². The lowest BCUT2D eigenvalue weighted by atomic mass is 10.0. The molecule has 0 aliphatic rings. The van der Waals surface area contributed by atoms with E-state index >= 15 is 0 Å². The number of carboxylic acid groups (broad SMARTS) is 1. The molecular weight excluding hydrogens is 899 g/mol. The van der Waals surface area contributed by atoms with Crippen LogP contribution in [0.1, 0.15) is 213 Å². The van der Waals surface area contributed by atoms with Gasteiger partial charge in [0.25, 0.3) is 0 Å². The highest BCUT2D eigenvalue weighted by molar-refractivity contribution is 5.70. The number of rotatable bonds is 51. The molecule has 0 heterocycles. The number of nitrogens with zero attached hydrogens (tertiary/aromatic N) is 1. The molecule has 0 saturated carbocycles. The predicted molar refractivity (Wildman–Crippen MR) is 301 cm³/mol. The molecule has 2 unspecified atom stereocenters. The molecule has 9 nitrogen and oxygen atoms in total. The molecule has 0 rings (SSSR count). The molecule has 0 aromatic heterocycles. The number of allylic oxidation sites excluding steroid dienone is 18. The summed E-state index contributed by atoms with van der Waals surface area (Å²) in [4.78, 5) is 37.0. The zero-order chi connectivity index (χ0) is 52.7. The quantitative estimate of drug-likeness (QED) is 0.0195. The molecule has 0 aromatic rings. The van der Waals surface area contributed by atoms with E-state index < -0.39 is 24.3 Å². The fraction of sp³-hybridized carbons (Fsp3) is 0.667. The third-order valence-electron chi connectivity index (χ3n) is 11.8. The standard InChI is InChI=1S/C63H105NO8/c1-6-8-10-12-14-16-17-18-19-20-21-22-23-24-25-26-27-28-29-30-31-32-33-34-35-36-37-38-39-40-41-42-43-44-45-46-48-50-52-54-61(66)72-59(58-71-63(62(67)68)69-56-55-64(3,4)5)57-70-60(65)53-51-49-47-15-13-11-9-7-2/h8,10,14,16,18-19,21-22,24-25,27-28,30-31,33-34,36-37,59,63H,6-7,9,11-13,15,17,20,23,26,29,32,35,38-58H2,1-5H3/b10-8-,16-14-,19-18-,22-21-,25-24-,28-27-,31-30-,34-33-,37-36-. The number of hydrogen-bond donors (Lipinski definition) is 0. The van der Waals surface area contributed by atoms with Gasteiger partial charge >= 0.3 is 11.9 Å². The van der Waals surface area contributed by atoms with Gasteiger partial charge in [-0.3, -0.25) is 9.59 Å². The van der Waals surface area contributed by atoms with Crippen molar-refractivity contribution in [3.05, 3.63) is 109 Å². The number of esters is 2. The Kier molecular flexibility index (Phi) is 50.3. The lowest BCUT2D eigenvalue weighted by Crippen LogP contribution is -2.44. The maximum atomic E-state index is 12.8. The van der Waals surface area contributed by atoms with Crippen molar-refractivity contribution in [1.29, 1.82) is 0 Å². The number of carbonyl (C=O) groups is 3. The second kappa shape index (κ2) is 53.2. The first-order chi connectivity index (χ1) is 35.1. The third kappa shape index (κ3) is 53.7. The zero-order valence-electron chi connectivity index (χ0n) is 46.5. The van der Waals surface area contributed by atoms with E-state index in [1.165, 1.54) is 77.0 Å². The number of likely N-dealkylation sites (N-methyl/N-ethyl adjacent to an activating group) is 1. The van der Waals surface area contributed by atoms with Crippen molar-refractivity contribution < 1.29 is 42.9 Å². The molecule has 0 radical (unpaired) electrons. The number of carboxylic acids is 1. The van der Waals surface area contributed by atoms with Crippen LogP contribution in [0.3, 0.4) is 0 Å². The van der Waals surface area contributed by atoms with Crippen LogP contribution in [-0.4, -0.2) is 82.3 Å². The van der Waals surface area contributed by atoms with Crippen molar-refractivity contribution >= 4 is 17.9 Å². The molecule has 72 heavy (non-hydrogen) atoms. The lowest BCUT2D eigenvalue weighted by Gasteiger charge is -2.26. The van der Waals surface area contributed by atoms with Crippen LogP contribution in [0.25, 0.3) is 0 Å². The molecule has 9 heteroatoms. The van der Waals surface area contributed by atoms with Crippen molar-refractivity contribution in [3.8, 4) is 0 Å². The number of hydrogen-bond acceptors (Lipinski definition) is 8. The van der Waals surface area contributed by atoms with E-state index in [2.05, 4.69) is 123 Å². The first kappa shape index (κ1) is 68.0. The van der Waals surface area contributed by atoms with E-state index in [1.807, 2.05) is 21.1 Å². The Balaban J connectivity index is 4.05. The smallest absolute Gasteiger partial charge is 0.306 e. The van der Waals surface area contributed by atoms with Gasteiger partial charge in [0, 0.05) is 12.8 Å². The molecule has 0 bridgehead atoms. The predicted octanol–water partition coefficient (Wildman–Crippen LogP) is 15.4. The Hall–Kier alpha value is -4.05. The Morgan fingerprint density at radius 1 is 0.431 bits per heavy atom. The molecule has 2 atom stereocenters. The van der Waals surface area contributed by atoms with Crippen LogP contribution in [0.4, 0.5) is 0 Å². The molecular formula is C63H105NO8. The van der Waals surface area contributed by atoms with E-state index in [9.17, 15) is 19.5 Å². The maximum Gasteiger partial charge on any atom is 0.306 e. The van der Waals surface area contributed by atoms with Gasteiger partial charge in [-0.1, -0.05) is 226 Å². The van der Waals surface area contributed by atoms with Crippen molar-refractivity contribution in [3.63, 3.8) is 0 Å². The number of ether oxygens (including phenoxy) is 4. The third-order valence-corrected chi connectivity index (χ3v) is 11.8.